The average molecular weight is 344 g/mol. The first-order valence-electron chi connectivity index (χ1n) is 5.23. The molecule has 1 aromatic heterocycles. The van der Waals surface area contributed by atoms with Crippen molar-refractivity contribution in [1.29, 1.82) is 0 Å². The molecule has 1 rings (SSSR count). The normalized spacial score (nSPS) is 9.71. The maximum absolute atomic E-state index is 11.7. The molecule has 17 heavy (non-hydrogen) atoms. The van der Waals surface area contributed by atoms with E-state index in [1.54, 1.807) is 6.07 Å². The van der Waals surface area contributed by atoms with Gasteiger partial charge >= 0.3 is 0 Å². The van der Waals surface area contributed by atoms with Crippen LogP contribution in [-0.4, -0.2) is 17.4 Å². The minimum Gasteiger partial charge on any atom is -0.341 e. The number of rotatable bonds is 4. The summed E-state index contributed by atoms with van der Waals surface area (Å²) in [6.45, 7) is 2.15. The van der Waals surface area contributed by atoms with E-state index in [0.29, 0.717) is 0 Å². The summed E-state index contributed by atoms with van der Waals surface area (Å²) >= 11 is 2.11. The number of aryl methyl sites for hydroxylation is 1. The van der Waals surface area contributed by atoms with Crippen LogP contribution in [0.4, 0.5) is 0 Å². The van der Waals surface area contributed by atoms with E-state index < -0.39 is 5.91 Å². The first kappa shape index (κ1) is 13.8. The first-order valence-corrected chi connectivity index (χ1v) is 6.31. The van der Waals surface area contributed by atoms with Crippen molar-refractivity contribution in [2.24, 2.45) is 0 Å². The second-order valence-corrected chi connectivity index (χ2v) is 4.64. The lowest BCUT2D eigenvalue weighted by Crippen LogP contribution is -2.30. The SMILES string of the molecule is C#CCNC(=O)c1cc(I)c(CCC)[nH]c1=O. The van der Waals surface area contributed by atoms with Crippen LogP contribution in [0.15, 0.2) is 10.9 Å². The summed E-state index contributed by atoms with van der Waals surface area (Å²) in [4.78, 5) is 26.0. The van der Waals surface area contributed by atoms with Crippen molar-refractivity contribution in [3.8, 4) is 12.3 Å². The number of terminal acetylenes is 1. The lowest BCUT2D eigenvalue weighted by atomic mass is 10.2. The molecule has 0 bridgehead atoms. The van der Waals surface area contributed by atoms with Crippen LogP contribution in [0.3, 0.4) is 0 Å². The summed E-state index contributed by atoms with van der Waals surface area (Å²) in [6, 6.07) is 1.59. The van der Waals surface area contributed by atoms with Gasteiger partial charge in [0.1, 0.15) is 5.56 Å². The molecular weight excluding hydrogens is 331 g/mol. The number of pyridine rings is 1. The zero-order valence-corrected chi connectivity index (χ0v) is 11.6. The van der Waals surface area contributed by atoms with Gasteiger partial charge in [-0.2, -0.15) is 0 Å². The monoisotopic (exact) mass is 344 g/mol. The third-order valence-electron chi connectivity index (χ3n) is 2.16. The van der Waals surface area contributed by atoms with Crippen LogP contribution in [0, 0.1) is 15.9 Å². The number of hydrogen-bond donors (Lipinski definition) is 2. The van der Waals surface area contributed by atoms with Gasteiger partial charge in [0, 0.05) is 9.26 Å². The van der Waals surface area contributed by atoms with E-state index in [2.05, 4.69) is 38.8 Å². The van der Waals surface area contributed by atoms with E-state index >= 15 is 0 Å². The molecule has 4 nitrogen and oxygen atoms in total. The van der Waals surface area contributed by atoms with Crippen LogP contribution in [0.25, 0.3) is 0 Å². The molecule has 0 spiro atoms. The van der Waals surface area contributed by atoms with Gasteiger partial charge in [-0.25, -0.2) is 0 Å². The maximum atomic E-state index is 11.7. The summed E-state index contributed by atoms with van der Waals surface area (Å²) in [5.74, 6) is 1.85. The molecule has 0 fully saturated rings. The standard InChI is InChI=1S/C12H13IN2O2/c1-3-5-10-9(13)7-8(12(17)15-10)11(16)14-6-4-2/h2,7H,3,5-6H2,1H3,(H,14,16)(H,15,17). The van der Waals surface area contributed by atoms with Crippen LogP contribution in [0.2, 0.25) is 0 Å². The molecule has 1 aromatic rings. The summed E-state index contributed by atoms with van der Waals surface area (Å²) in [5, 5.41) is 2.47. The largest absolute Gasteiger partial charge is 0.341 e. The fourth-order valence-corrected chi connectivity index (χ4v) is 2.09. The third kappa shape index (κ3) is 3.60. The fourth-order valence-electron chi connectivity index (χ4n) is 1.37. The van der Waals surface area contributed by atoms with Crippen molar-refractivity contribution >= 4 is 28.5 Å². The Kier molecular flexibility index (Phi) is 5.22. The number of amides is 1. The molecule has 0 aliphatic heterocycles. The lowest BCUT2D eigenvalue weighted by Gasteiger charge is -2.06. The van der Waals surface area contributed by atoms with E-state index in [4.69, 9.17) is 6.42 Å². The van der Waals surface area contributed by atoms with Gasteiger partial charge in [0.2, 0.25) is 0 Å². The maximum Gasteiger partial charge on any atom is 0.261 e. The summed E-state index contributed by atoms with van der Waals surface area (Å²) in [7, 11) is 0. The van der Waals surface area contributed by atoms with Crippen molar-refractivity contribution in [3.05, 3.63) is 31.2 Å². The van der Waals surface area contributed by atoms with E-state index in [9.17, 15) is 9.59 Å². The fraction of sp³-hybridized carbons (Fsp3) is 0.333. The highest BCUT2D eigenvalue weighted by Gasteiger charge is 2.12. The van der Waals surface area contributed by atoms with Gasteiger partial charge in [-0.15, -0.1) is 6.42 Å². The molecule has 1 heterocycles. The van der Waals surface area contributed by atoms with Gasteiger partial charge in [0.15, 0.2) is 0 Å². The van der Waals surface area contributed by atoms with E-state index in [0.717, 1.165) is 22.1 Å². The van der Waals surface area contributed by atoms with E-state index in [1.807, 2.05) is 6.92 Å². The summed E-state index contributed by atoms with van der Waals surface area (Å²) in [5.41, 5.74) is 0.597. The summed E-state index contributed by atoms with van der Waals surface area (Å²) < 4.78 is 0.884. The topological polar surface area (TPSA) is 62.0 Å². The van der Waals surface area contributed by atoms with Gasteiger partial charge in [-0.05, 0) is 35.1 Å². The quantitative estimate of drug-likeness (QED) is 0.639. The number of aromatic amines is 1. The number of nitrogens with one attached hydrogen (secondary N) is 2. The molecule has 0 saturated carbocycles. The number of halogens is 1. The molecule has 90 valence electrons. The number of carbonyl (C=O) groups excluding carboxylic acids is 1. The Labute approximate surface area is 113 Å². The van der Waals surface area contributed by atoms with Crippen LogP contribution >= 0.6 is 22.6 Å². The Morgan fingerprint density at radius 1 is 1.65 bits per heavy atom. The van der Waals surface area contributed by atoms with Crippen molar-refractivity contribution in [2.45, 2.75) is 19.8 Å². The van der Waals surface area contributed by atoms with Gasteiger partial charge in [-0.3, -0.25) is 9.59 Å². The second-order valence-electron chi connectivity index (χ2n) is 3.48. The number of hydrogen-bond acceptors (Lipinski definition) is 2. The Morgan fingerprint density at radius 2 is 2.35 bits per heavy atom. The number of aromatic nitrogens is 1. The molecule has 0 aliphatic carbocycles. The van der Waals surface area contributed by atoms with Gasteiger partial charge in [0.25, 0.3) is 11.5 Å². The molecule has 0 atom stereocenters. The van der Waals surface area contributed by atoms with Gasteiger partial charge < -0.3 is 10.3 Å². The zero-order valence-electron chi connectivity index (χ0n) is 9.47. The van der Waals surface area contributed by atoms with E-state index in [-0.39, 0.29) is 17.7 Å². The minimum atomic E-state index is -0.440. The van der Waals surface area contributed by atoms with Gasteiger partial charge in [-0.1, -0.05) is 19.3 Å². The molecule has 0 aliphatic rings. The Bertz CT molecular complexity index is 514. The summed E-state index contributed by atoms with van der Waals surface area (Å²) in [6.07, 6.45) is 6.76. The smallest absolute Gasteiger partial charge is 0.261 e. The van der Waals surface area contributed by atoms with Crippen LogP contribution in [-0.2, 0) is 6.42 Å². The number of carbonyl (C=O) groups is 1. The molecule has 0 unspecified atom stereocenters. The Morgan fingerprint density at radius 3 is 2.94 bits per heavy atom. The van der Waals surface area contributed by atoms with Crippen molar-refractivity contribution in [3.63, 3.8) is 0 Å². The molecule has 2 N–H and O–H groups in total. The Balaban J connectivity index is 3.04. The predicted octanol–water partition coefficient (Wildman–Crippen LogP) is 1.30. The van der Waals surface area contributed by atoms with Crippen LogP contribution in [0.1, 0.15) is 29.4 Å². The van der Waals surface area contributed by atoms with Crippen molar-refractivity contribution in [1.82, 2.24) is 10.3 Å². The highest BCUT2D eigenvalue weighted by atomic mass is 127. The van der Waals surface area contributed by atoms with Crippen LogP contribution in [0.5, 0.6) is 0 Å². The molecular formula is C12H13IN2O2. The second kappa shape index (κ2) is 6.45. The van der Waals surface area contributed by atoms with Crippen molar-refractivity contribution in [2.75, 3.05) is 6.54 Å². The number of H-pyrrole nitrogens is 1. The average Bonchev–Trinajstić information content (AvgIpc) is 2.30. The Hall–Kier alpha value is -1.29. The van der Waals surface area contributed by atoms with E-state index in [1.165, 1.54) is 0 Å². The molecule has 0 radical (unpaired) electrons. The van der Waals surface area contributed by atoms with Crippen molar-refractivity contribution < 1.29 is 4.79 Å². The molecule has 0 aromatic carbocycles. The highest BCUT2D eigenvalue weighted by Crippen LogP contribution is 2.11. The first-order chi connectivity index (χ1) is 8.10. The predicted molar refractivity (Wildman–Crippen MR) is 74.9 cm³/mol. The molecule has 0 saturated heterocycles. The van der Waals surface area contributed by atoms with Crippen LogP contribution < -0.4 is 10.9 Å². The zero-order chi connectivity index (χ0) is 12.8. The molecule has 1 amide bonds. The van der Waals surface area contributed by atoms with Gasteiger partial charge in [0.05, 0.1) is 6.54 Å². The highest BCUT2D eigenvalue weighted by molar-refractivity contribution is 14.1. The third-order valence-corrected chi connectivity index (χ3v) is 3.13. The minimum absolute atomic E-state index is 0.101. The lowest BCUT2D eigenvalue weighted by molar-refractivity contribution is 0.0957. The molecule has 5 heteroatoms.